The van der Waals surface area contributed by atoms with Gasteiger partial charge in [-0.05, 0) is 52.5 Å². The van der Waals surface area contributed by atoms with Crippen LogP contribution in [0.4, 0.5) is 0 Å². The zero-order chi connectivity index (χ0) is 24.8. The third kappa shape index (κ3) is 6.32. The van der Waals surface area contributed by atoms with Crippen LogP contribution in [-0.4, -0.2) is 33.4 Å². The highest BCUT2D eigenvalue weighted by Gasteiger charge is 2.24. The minimum atomic E-state index is -1.06. The molecule has 1 aromatic heterocycles. The smallest absolute Gasteiger partial charge is 0.326 e. The van der Waals surface area contributed by atoms with Crippen molar-refractivity contribution >= 4 is 39.7 Å². The van der Waals surface area contributed by atoms with Gasteiger partial charge in [-0.1, -0.05) is 68.0 Å². The van der Waals surface area contributed by atoms with E-state index in [0.29, 0.717) is 23.4 Å². The molecule has 0 aliphatic carbocycles. The van der Waals surface area contributed by atoms with Gasteiger partial charge in [-0.2, -0.15) is 0 Å². The molecule has 1 amide bonds. The molecule has 2 N–H and O–H groups in total. The number of rotatable bonds is 9. The van der Waals surface area contributed by atoms with Crippen molar-refractivity contribution in [3.8, 4) is 0 Å². The van der Waals surface area contributed by atoms with Crippen LogP contribution >= 0.6 is 15.9 Å². The van der Waals surface area contributed by atoms with Crippen LogP contribution in [0.1, 0.15) is 51.4 Å². The monoisotopic (exact) mass is 522 g/mol. The summed E-state index contributed by atoms with van der Waals surface area (Å²) in [6.07, 6.45) is 5.62. The molecule has 0 aliphatic rings. The molecule has 34 heavy (non-hydrogen) atoms. The highest BCUT2D eigenvalue weighted by molar-refractivity contribution is 9.10. The first kappa shape index (κ1) is 25.2. The third-order valence-electron chi connectivity index (χ3n) is 5.39. The highest BCUT2D eigenvalue weighted by Crippen LogP contribution is 2.19. The maximum atomic E-state index is 13.0. The fraction of sp³-hybridized carbons (Fsp3) is 0.222. The number of halogens is 1. The number of ketones is 1. The average Bonchev–Trinajstić information content (AvgIpc) is 3.17. The predicted octanol–water partition coefficient (Wildman–Crippen LogP) is 5.34. The molecule has 0 saturated heterocycles. The number of hydrogen-bond donors (Lipinski definition) is 2. The maximum absolute atomic E-state index is 13.0. The Labute approximate surface area is 207 Å². The Morgan fingerprint density at radius 3 is 2.41 bits per heavy atom. The van der Waals surface area contributed by atoms with E-state index < -0.39 is 17.9 Å². The molecule has 3 rings (SSSR count). The van der Waals surface area contributed by atoms with E-state index in [4.69, 9.17) is 0 Å². The third-order valence-corrected chi connectivity index (χ3v) is 5.82. The van der Waals surface area contributed by atoms with Crippen molar-refractivity contribution < 1.29 is 19.5 Å². The number of carbonyl (C=O) groups excluding carboxylic acids is 2. The summed E-state index contributed by atoms with van der Waals surface area (Å²) in [6, 6.07) is 15.3. The summed E-state index contributed by atoms with van der Waals surface area (Å²) < 4.78 is 2.67. The van der Waals surface area contributed by atoms with Gasteiger partial charge in [0.05, 0.1) is 5.69 Å². The number of amides is 1. The maximum Gasteiger partial charge on any atom is 0.326 e. The standard InChI is InChI=1S/C27H27BrN2O4/c1-17(2)24(27(33)34)29-26(32)21-8-4-6-19(14-21)7-5-13-30-16-22(28)15-23(30)25(31)20-11-9-18(3)10-12-20/h4-12,14-17,24H,13H2,1-3H3,(H,29,32)(H,33,34)/b7-5+/t24-/m0/s1. The number of aryl methyl sites for hydroxylation is 1. The lowest BCUT2D eigenvalue weighted by molar-refractivity contribution is -0.140. The molecule has 7 heteroatoms. The van der Waals surface area contributed by atoms with Crippen molar-refractivity contribution in [1.29, 1.82) is 0 Å². The van der Waals surface area contributed by atoms with Gasteiger partial charge in [0.15, 0.2) is 0 Å². The molecular formula is C27H27BrN2O4. The summed E-state index contributed by atoms with van der Waals surface area (Å²) in [4.78, 5) is 36.9. The summed E-state index contributed by atoms with van der Waals surface area (Å²) in [5.41, 5.74) is 3.47. The molecular weight excluding hydrogens is 496 g/mol. The number of benzene rings is 2. The molecule has 0 fully saturated rings. The molecule has 2 aromatic carbocycles. The molecule has 0 radical (unpaired) electrons. The number of nitrogens with one attached hydrogen (secondary N) is 1. The van der Waals surface area contributed by atoms with Gasteiger partial charge >= 0.3 is 5.97 Å². The van der Waals surface area contributed by atoms with Gasteiger partial charge in [-0.3, -0.25) is 9.59 Å². The first-order chi connectivity index (χ1) is 16.2. The first-order valence-corrected chi connectivity index (χ1v) is 11.7. The van der Waals surface area contributed by atoms with Crippen LogP contribution in [0.2, 0.25) is 0 Å². The van der Waals surface area contributed by atoms with Crippen LogP contribution in [0.3, 0.4) is 0 Å². The molecule has 0 aliphatic heterocycles. The molecule has 0 saturated carbocycles. The van der Waals surface area contributed by atoms with Crippen molar-refractivity contribution in [2.45, 2.75) is 33.4 Å². The van der Waals surface area contributed by atoms with E-state index in [1.165, 1.54) is 0 Å². The normalized spacial score (nSPS) is 12.1. The molecule has 3 aromatic rings. The largest absolute Gasteiger partial charge is 0.480 e. The summed E-state index contributed by atoms with van der Waals surface area (Å²) in [5, 5.41) is 11.9. The van der Waals surface area contributed by atoms with Crippen LogP contribution in [0, 0.1) is 12.8 Å². The van der Waals surface area contributed by atoms with Crippen molar-refractivity contribution in [1.82, 2.24) is 9.88 Å². The van der Waals surface area contributed by atoms with Crippen LogP contribution in [-0.2, 0) is 11.3 Å². The number of carbonyl (C=O) groups is 3. The lowest BCUT2D eigenvalue weighted by atomic mass is 10.0. The van der Waals surface area contributed by atoms with Gasteiger partial charge in [-0.15, -0.1) is 0 Å². The minimum absolute atomic E-state index is 0.0593. The lowest BCUT2D eigenvalue weighted by Gasteiger charge is -2.18. The van der Waals surface area contributed by atoms with Crippen LogP contribution < -0.4 is 5.32 Å². The Morgan fingerprint density at radius 1 is 1.06 bits per heavy atom. The van der Waals surface area contributed by atoms with Gasteiger partial charge < -0.3 is 15.0 Å². The highest BCUT2D eigenvalue weighted by atomic mass is 79.9. The van der Waals surface area contributed by atoms with Crippen LogP contribution in [0.15, 0.2) is 71.3 Å². The quantitative estimate of drug-likeness (QED) is 0.371. The van der Waals surface area contributed by atoms with E-state index in [9.17, 15) is 19.5 Å². The SMILES string of the molecule is Cc1ccc(C(=O)c2cc(Br)cn2C/C=C/c2cccc(C(=O)N[C@H](C(=O)O)C(C)C)c2)cc1. The molecule has 0 spiro atoms. The predicted molar refractivity (Wildman–Crippen MR) is 136 cm³/mol. The number of allylic oxidation sites excluding steroid dienone is 1. The first-order valence-electron chi connectivity index (χ1n) is 10.9. The fourth-order valence-electron chi connectivity index (χ4n) is 3.49. The molecule has 0 bridgehead atoms. The van der Waals surface area contributed by atoms with E-state index in [1.807, 2.05) is 60.2 Å². The van der Waals surface area contributed by atoms with Gasteiger partial charge in [0.2, 0.25) is 5.78 Å². The van der Waals surface area contributed by atoms with E-state index in [-0.39, 0.29) is 11.7 Å². The van der Waals surface area contributed by atoms with Gasteiger partial charge in [0.25, 0.3) is 5.91 Å². The molecule has 1 atom stereocenters. The Kier molecular flexibility index (Phi) is 8.23. The second-order valence-electron chi connectivity index (χ2n) is 8.45. The molecule has 176 valence electrons. The molecule has 6 nitrogen and oxygen atoms in total. The van der Waals surface area contributed by atoms with E-state index in [1.54, 1.807) is 38.1 Å². The Morgan fingerprint density at radius 2 is 1.76 bits per heavy atom. The number of nitrogens with zero attached hydrogens (tertiary/aromatic N) is 1. The topological polar surface area (TPSA) is 88.4 Å². The Hall–Kier alpha value is -3.45. The lowest BCUT2D eigenvalue weighted by Crippen LogP contribution is -2.44. The zero-order valence-electron chi connectivity index (χ0n) is 19.3. The van der Waals surface area contributed by atoms with Crippen molar-refractivity contribution in [3.05, 3.63) is 99.3 Å². The van der Waals surface area contributed by atoms with Crippen molar-refractivity contribution in [2.24, 2.45) is 5.92 Å². The Balaban J connectivity index is 1.73. The second kappa shape index (κ2) is 11.1. The van der Waals surface area contributed by atoms with E-state index in [2.05, 4.69) is 21.2 Å². The van der Waals surface area contributed by atoms with Crippen LogP contribution in [0.25, 0.3) is 6.08 Å². The second-order valence-corrected chi connectivity index (χ2v) is 9.37. The number of aliphatic carboxylic acids is 1. The summed E-state index contributed by atoms with van der Waals surface area (Å²) in [6.45, 7) is 5.93. The molecule has 1 heterocycles. The van der Waals surface area contributed by atoms with Crippen molar-refractivity contribution in [2.75, 3.05) is 0 Å². The fourth-order valence-corrected chi connectivity index (χ4v) is 3.96. The summed E-state index contributed by atoms with van der Waals surface area (Å²) in [7, 11) is 0. The minimum Gasteiger partial charge on any atom is -0.480 e. The number of hydrogen-bond acceptors (Lipinski definition) is 3. The number of carboxylic acid groups (broad SMARTS) is 1. The number of aromatic nitrogens is 1. The van der Waals surface area contributed by atoms with E-state index >= 15 is 0 Å². The van der Waals surface area contributed by atoms with E-state index in [0.717, 1.165) is 15.6 Å². The van der Waals surface area contributed by atoms with Gasteiger partial charge in [0, 0.05) is 28.3 Å². The zero-order valence-corrected chi connectivity index (χ0v) is 20.9. The van der Waals surface area contributed by atoms with Gasteiger partial charge in [-0.25, -0.2) is 4.79 Å². The summed E-state index contributed by atoms with van der Waals surface area (Å²) >= 11 is 3.45. The van der Waals surface area contributed by atoms with Crippen molar-refractivity contribution in [3.63, 3.8) is 0 Å². The summed E-state index contributed by atoms with van der Waals surface area (Å²) in [5.74, 6) is -1.79. The number of carboxylic acids is 1. The molecule has 0 unspecified atom stereocenters. The Bertz CT molecular complexity index is 1230. The average molecular weight is 523 g/mol. The van der Waals surface area contributed by atoms with Gasteiger partial charge in [0.1, 0.15) is 6.04 Å². The van der Waals surface area contributed by atoms with Crippen LogP contribution in [0.5, 0.6) is 0 Å².